The Morgan fingerprint density at radius 2 is 0.682 bits per heavy atom. The summed E-state index contributed by atoms with van der Waals surface area (Å²) in [5, 5.41) is 0. The van der Waals surface area contributed by atoms with Crippen molar-refractivity contribution in [2.45, 2.75) is 245 Å². The van der Waals surface area contributed by atoms with Crippen molar-refractivity contribution in [3.05, 3.63) is 109 Å². The maximum absolute atomic E-state index is 12.8. The van der Waals surface area contributed by atoms with Crippen LogP contribution in [-0.4, -0.2) is 37.9 Å². The first-order valence-corrected chi connectivity index (χ1v) is 27.4. The highest BCUT2D eigenvalue weighted by molar-refractivity contribution is 5.70. The Labute approximate surface area is 408 Å². The van der Waals surface area contributed by atoms with Gasteiger partial charge in [0.25, 0.3) is 0 Å². The lowest BCUT2D eigenvalue weighted by Gasteiger charge is -2.18. The third-order valence-corrected chi connectivity index (χ3v) is 11.3. The van der Waals surface area contributed by atoms with Gasteiger partial charge in [-0.1, -0.05) is 239 Å². The molecule has 0 aromatic carbocycles. The Morgan fingerprint density at radius 3 is 1.09 bits per heavy atom. The standard InChI is InChI=1S/C61H102O5/c1-4-7-10-13-16-19-22-25-28-31-33-36-39-42-45-48-51-54-60(62)65-58-59(57-64-56-53-50-47-44-41-38-35-30-27-24-21-18-15-12-9-6-3)66-61(63)55-52-49-46-43-40-37-34-32-29-26-23-20-17-14-11-8-5-2/h8,11,16-17,19-20,25-26,28-29,33-34,36-37,42-43,45-46,59H,4-7,9-10,12-15,18,21-24,27,30-32,35,38-41,44,47-58H2,1-3H3/b11-8-,19-16-,20-17-,28-25-,29-26-,36-33-,37-34-,45-42-,46-43-/t59-/m1/s1. The molecule has 0 bridgehead atoms. The number of carbonyl (C=O) groups excluding carboxylic acids is 2. The third kappa shape index (κ3) is 53.2. The summed E-state index contributed by atoms with van der Waals surface area (Å²) < 4.78 is 17.3. The van der Waals surface area contributed by atoms with Crippen molar-refractivity contribution in [1.29, 1.82) is 0 Å². The molecule has 0 heterocycles. The van der Waals surface area contributed by atoms with Crippen LogP contribution in [0.1, 0.15) is 239 Å². The van der Waals surface area contributed by atoms with Gasteiger partial charge in [0, 0.05) is 19.4 Å². The Bertz CT molecular complexity index is 1310. The van der Waals surface area contributed by atoms with Crippen molar-refractivity contribution in [3.63, 3.8) is 0 Å². The first-order valence-electron chi connectivity index (χ1n) is 27.4. The summed E-state index contributed by atoms with van der Waals surface area (Å²) >= 11 is 0. The van der Waals surface area contributed by atoms with E-state index in [-0.39, 0.29) is 25.2 Å². The average Bonchev–Trinajstić information content (AvgIpc) is 3.32. The van der Waals surface area contributed by atoms with E-state index >= 15 is 0 Å². The number of hydrogen-bond acceptors (Lipinski definition) is 5. The number of unbranched alkanes of at least 4 members (excludes halogenated alkanes) is 20. The van der Waals surface area contributed by atoms with E-state index in [9.17, 15) is 9.59 Å². The van der Waals surface area contributed by atoms with E-state index in [1.54, 1.807) is 0 Å². The maximum Gasteiger partial charge on any atom is 0.306 e. The second-order valence-corrected chi connectivity index (χ2v) is 17.8. The minimum atomic E-state index is -0.593. The lowest BCUT2D eigenvalue weighted by atomic mass is 10.0. The number of ether oxygens (including phenoxy) is 3. The van der Waals surface area contributed by atoms with Gasteiger partial charge in [0.05, 0.1) is 6.61 Å². The fraction of sp³-hybridized carbons (Fsp3) is 0.672. The minimum absolute atomic E-state index is 0.0304. The van der Waals surface area contributed by atoms with Crippen LogP contribution in [0, 0.1) is 0 Å². The molecular formula is C61H102O5. The molecule has 376 valence electrons. The van der Waals surface area contributed by atoms with Crippen LogP contribution in [-0.2, 0) is 23.8 Å². The number of rotatable bonds is 49. The zero-order chi connectivity index (χ0) is 47.7. The Morgan fingerprint density at radius 1 is 0.348 bits per heavy atom. The molecule has 5 heteroatoms. The van der Waals surface area contributed by atoms with Crippen LogP contribution in [0.3, 0.4) is 0 Å². The van der Waals surface area contributed by atoms with Gasteiger partial charge < -0.3 is 14.2 Å². The second-order valence-electron chi connectivity index (χ2n) is 17.8. The minimum Gasteiger partial charge on any atom is -0.462 e. The molecule has 0 unspecified atom stereocenters. The van der Waals surface area contributed by atoms with E-state index < -0.39 is 6.10 Å². The van der Waals surface area contributed by atoms with Crippen molar-refractivity contribution >= 4 is 11.9 Å². The Balaban J connectivity index is 4.46. The van der Waals surface area contributed by atoms with Crippen LogP contribution in [0.15, 0.2) is 109 Å². The summed E-state index contributed by atoms with van der Waals surface area (Å²) in [6, 6.07) is 0. The highest BCUT2D eigenvalue weighted by Crippen LogP contribution is 2.14. The van der Waals surface area contributed by atoms with Crippen molar-refractivity contribution in [2.75, 3.05) is 19.8 Å². The van der Waals surface area contributed by atoms with Crippen LogP contribution in [0.2, 0.25) is 0 Å². The number of carbonyl (C=O) groups is 2. The predicted molar refractivity (Wildman–Crippen MR) is 288 cm³/mol. The van der Waals surface area contributed by atoms with Crippen molar-refractivity contribution in [1.82, 2.24) is 0 Å². The zero-order valence-corrected chi connectivity index (χ0v) is 43.2. The van der Waals surface area contributed by atoms with E-state index in [2.05, 4.69) is 130 Å². The quantitative estimate of drug-likeness (QED) is 0.0346. The predicted octanol–water partition coefficient (Wildman–Crippen LogP) is 18.8. The van der Waals surface area contributed by atoms with Crippen LogP contribution < -0.4 is 0 Å². The maximum atomic E-state index is 12.8. The van der Waals surface area contributed by atoms with Crippen LogP contribution >= 0.6 is 0 Å². The molecule has 66 heavy (non-hydrogen) atoms. The summed E-state index contributed by atoms with van der Waals surface area (Å²) in [7, 11) is 0. The number of allylic oxidation sites excluding steroid dienone is 18. The molecule has 0 amide bonds. The van der Waals surface area contributed by atoms with Gasteiger partial charge in [-0.05, 0) is 96.3 Å². The molecule has 5 nitrogen and oxygen atoms in total. The monoisotopic (exact) mass is 915 g/mol. The highest BCUT2D eigenvalue weighted by Gasteiger charge is 2.17. The normalized spacial score (nSPS) is 13.1. The molecule has 0 spiro atoms. The molecule has 0 saturated carbocycles. The summed E-state index contributed by atoms with van der Waals surface area (Å²) in [5.41, 5.74) is 0. The molecule has 0 saturated heterocycles. The van der Waals surface area contributed by atoms with Gasteiger partial charge in [0.1, 0.15) is 6.61 Å². The van der Waals surface area contributed by atoms with Gasteiger partial charge in [-0.25, -0.2) is 0 Å². The van der Waals surface area contributed by atoms with E-state index in [1.807, 2.05) is 0 Å². The van der Waals surface area contributed by atoms with E-state index in [1.165, 1.54) is 116 Å². The molecule has 1 atom stereocenters. The number of esters is 2. The van der Waals surface area contributed by atoms with Gasteiger partial charge in [0.2, 0.25) is 0 Å². The summed E-state index contributed by atoms with van der Waals surface area (Å²) in [4.78, 5) is 25.4. The fourth-order valence-corrected chi connectivity index (χ4v) is 7.24. The zero-order valence-electron chi connectivity index (χ0n) is 43.2. The second kappa shape index (κ2) is 55.9. The van der Waals surface area contributed by atoms with Crippen LogP contribution in [0.25, 0.3) is 0 Å². The molecule has 0 N–H and O–H groups in total. The molecule has 0 aliphatic rings. The van der Waals surface area contributed by atoms with Gasteiger partial charge in [-0.3, -0.25) is 9.59 Å². The summed E-state index contributed by atoms with van der Waals surface area (Å²) in [6.45, 7) is 7.58. The largest absolute Gasteiger partial charge is 0.462 e. The van der Waals surface area contributed by atoms with Gasteiger partial charge in [-0.15, -0.1) is 0 Å². The van der Waals surface area contributed by atoms with Crippen molar-refractivity contribution in [2.24, 2.45) is 0 Å². The van der Waals surface area contributed by atoms with E-state index in [0.717, 1.165) is 83.5 Å². The first kappa shape index (κ1) is 62.6. The lowest BCUT2D eigenvalue weighted by molar-refractivity contribution is -0.162. The van der Waals surface area contributed by atoms with Crippen LogP contribution in [0.4, 0.5) is 0 Å². The molecule has 0 radical (unpaired) electrons. The SMILES string of the molecule is CC/C=C\C/C=C\C/C=C\C/C=C\C/C=C\CCCC(=O)O[C@H](COCCCCCCCCCCCCCCCCCC)COC(=O)CCC/C=C\C/C=C\C/C=C\C/C=C\CCCCC. The molecule has 0 aromatic heterocycles. The van der Waals surface area contributed by atoms with Gasteiger partial charge >= 0.3 is 11.9 Å². The Kier molecular flexibility index (Phi) is 53.0. The molecule has 0 aromatic rings. The first-order chi connectivity index (χ1) is 32.6. The molecule has 0 aliphatic carbocycles. The lowest BCUT2D eigenvalue weighted by Crippen LogP contribution is -2.30. The number of hydrogen-bond donors (Lipinski definition) is 0. The van der Waals surface area contributed by atoms with Gasteiger partial charge in [-0.2, -0.15) is 0 Å². The van der Waals surface area contributed by atoms with Gasteiger partial charge in [0.15, 0.2) is 6.10 Å². The average molecular weight is 915 g/mol. The summed E-state index contributed by atoms with van der Waals surface area (Å²) in [6.07, 6.45) is 76.9. The van der Waals surface area contributed by atoms with E-state index in [0.29, 0.717) is 25.9 Å². The molecule has 0 rings (SSSR count). The smallest absolute Gasteiger partial charge is 0.306 e. The molecule has 0 aliphatic heterocycles. The van der Waals surface area contributed by atoms with E-state index in [4.69, 9.17) is 14.2 Å². The third-order valence-electron chi connectivity index (χ3n) is 11.3. The Hall–Kier alpha value is -3.44. The van der Waals surface area contributed by atoms with Crippen molar-refractivity contribution in [3.8, 4) is 0 Å². The summed E-state index contributed by atoms with van der Waals surface area (Å²) in [5.74, 6) is -0.530. The highest BCUT2D eigenvalue weighted by atomic mass is 16.6. The molecule has 0 fully saturated rings. The van der Waals surface area contributed by atoms with Crippen LogP contribution in [0.5, 0.6) is 0 Å². The molecular weight excluding hydrogens is 813 g/mol. The fourth-order valence-electron chi connectivity index (χ4n) is 7.24. The van der Waals surface area contributed by atoms with Crippen molar-refractivity contribution < 1.29 is 23.8 Å². The topological polar surface area (TPSA) is 61.8 Å².